The molecule has 126 valence electrons. The Hall–Kier alpha value is -2.85. The summed E-state index contributed by atoms with van der Waals surface area (Å²) in [4.78, 5) is 18.4. The van der Waals surface area contributed by atoms with E-state index in [4.69, 9.17) is 11.6 Å². The zero-order chi connectivity index (χ0) is 17.6. The SMILES string of the molecule is CN(C(=O)c1cc(NCc2ccc(Cl)cc2)ccn1)c1ccccc1. The summed E-state index contributed by atoms with van der Waals surface area (Å²) in [5, 5.41) is 4.01. The lowest BCUT2D eigenvalue weighted by molar-refractivity contribution is 0.0988. The lowest BCUT2D eigenvalue weighted by Crippen LogP contribution is -2.27. The molecule has 25 heavy (non-hydrogen) atoms. The first-order chi connectivity index (χ1) is 12.1. The van der Waals surface area contributed by atoms with Gasteiger partial charge in [0.25, 0.3) is 5.91 Å². The molecule has 0 aliphatic rings. The number of pyridine rings is 1. The van der Waals surface area contributed by atoms with Gasteiger partial charge in [0.2, 0.25) is 0 Å². The number of para-hydroxylation sites is 1. The standard InChI is InChI=1S/C20H18ClN3O/c1-24(18-5-3-2-4-6-18)20(25)19-13-17(11-12-22-19)23-14-15-7-9-16(21)10-8-15/h2-13H,14H2,1H3,(H,22,23). The molecule has 0 fully saturated rings. The molecule has 0 bridgehead atoms. The Kier molecular flexibility index (Phi) is 5.31. The van der Waals surface area contributed by atoms with E-state index in [-0.39, 0.29) is 5.91 Å². The molecule has 4 nitrogen and oxygen atoms in total. The summed E-state index contributed by atoms with van der Waals surface area (Å²) >= 11 is 5.89. The van der Waals surface area contributed by atoms with E-state index >= 15 is 0 Å². The third-order valence-electron chi connectivity index (χ3n) is 3.84. The molecule has 5 heteroatoms. The third-order valence-corrected chi connectivity index (χ3v) is 4.09. The zero-order valence-electron chi connectivity index (χ0n) is 13.8. The van der Waals surface area contributed by atoms with Crippen LogP contribution in [0.4, 0.5) is 11.4 Å². The smallest absolute Gasteiger partial charge is 0.276 e. The van der Waals surface area contributed by atoms with E-state index in [1.165, 1.54) is 0 Å². The molecule has 1 heterocycles. The van der Waals surface area contributed by atoms with Crippen molar-refractivity contribution in [2.24, 2.45) is 0 Å². The number of nitrogens with zero attached hydrogens (tertiary/aromatic N) is 2. The van der Waals surface area contributed by atoms with Gasteiger partial charge in [-0.3, -0.25) is 9.78 Å². The number of anilines is 2. The second-order valence-electron chi connectivity index (χ2n) is 5.61. The van der Waals surface area contributed by atoms with Crippen LogP contribution >= 0.6 is 11.6 Å². The van der Waals surface area contributed by atoms with Gasteiger partial charge in [0.15, 0.2) is 0 Å². The summed E-state index contributed by atoms with van der Waals surface area (Å²) in [5.74, 6) is -0.152. The van der Waals surface area contributed by atoms with Crippen molar-refractivity contribution in [1.29, 1.82) is 0 Å². The van der Waals surface area contributed by atoms with E-state index in [1.807, 2.05) is 60.7 Å². The van der Waals surface area contributed by atoms with Crippen LogP contribution in [-0.2, 0) is 6.54 Å². The van der Waals surface area contributed by atoms with Crippen LogP contribution in [0.1, 0.15) is 16.1 Å². The van der Waals surface area contributed by atoms with Crippen molar-refractivity contribution in [3.05, 3.63) is 89.2 Å². The largest absolute Gasteiger partial charge is 0.381 e. The molecule has 1 N–H and O–H groups in total. The maximum absolute atomic E-state index is 12.6. The van der Waals surface area contributed by atoms with E-state index in [2.05, 4.69) is 10.3 Å². The summed E-state index contributed by atoms with van der Waals surface area (Å²) in [7, 11) is 1.74. The van der Waals surface area contributed by atoms with Crippen LogP contribution < -0.4 is 10.2 Å². The monoisotopic (exact) mass is 351 g/mol. The fourth-order valence-electron chi connectivity index (χ4n) is 2.40. The molecule has 0 saturated carbocycles. The van der Waals surface area contributed by atoms with Crippen molar-refractivity contribution in [2.75, 3.05) is 17.3 Å². The molecule has 3 aromatic rings. The van der Waals surface area contributed by atoms with Crippen molar-refractivity contribution in [1.82, 2.24) is 4.98 Å². The molecule has 0 aliphatic heterocycles. The summed E-state index contributed by atoms with van der Waals surface area (Å²) in [5.41, 5.74) is 3.17. The summed E-state index contributed by atoms with van der Waals surface area (Å²) in [6, 6.07) is 20.7. The number of aromatic nitrogens is 1. The number of rotatable bonds is 5. The summed E-state index contributed by atoms with van der Waals surface area (Å²) in [6.45, 7) is 0.642. The van der Waals surface area contributed by atoms with E-state index in [1.54, 1.807) is 24.2 Å². The van der Waals surface area contributed by atoms with Crippen LogP contribution in [0, 0.1) is 0 Å². The topological polar surface area (TPSA) is 45.2 Å². The Bertz CT molecular complexity index is 850. The summed E-state index contributed by atoms with van der Waals surface area (Å²) in [6.07, 6.45) is 1.64. The van der Waals surface area contributed by atoms with Gasteiger partial charge in [0.1, 0.15) is 5.69 Å². The van der Waals surface area contributed by atoms with E-state index in [0.717, 1.165) is 16.9 Å². The lowest BCUT2D eigenvalue weighted by atomic mass is 10.2. The Morgan fingerprint density at radius 3 is 2.52 bits per heavy atom. The van der Waals surface area contributed by atoms with Gasteiger partial charge in [-0.25, -0.2) is 0 Å². The number of nitrogens with one attached hydrogen (secondary N) is 1. The minimum absolute atomic E-state index is 0.152. The number of hydrogen-bond acceptors (Lipinski definition) is 3. The van der Waals surface area contributed by atoms with Crippen LogP contribution in [0.5, 0.6) is 0 Å². The zero-order valence-corrected chi connectivity index (χ0v) is 14.6. The van der Waals surface area contributed by atoms with Gasteiger partial charge in [-0.05, 0) is 42.0 Å². The van der Waals surface area contributed by atoms with E-state index in [0.29, 0.717) is 17.3 Å². The quantitative estimate of drug-likeness (QED) is 0.729. The predicted molar refractivity (Wildman–Crippen MR) is 102 cm³/mol. The fraction of sp³-hybridized carbons (Fsp3) is 0.100. The van der Waals surface area contributed by atoms with Crippen LogP contribution in [0.3, 0.4) is 0 Å². The molecule has 0 spiro atoms. The van der Waals surface area contributed by atoms with Crippen molar-refractivity contribution in [3.63, 3.8) is 0 Å². The molecule has 0 radical (unpaired) electrons. The average Bonchev–Trinajstić information content (AvgIpc) is 2.67. The Balaban J connectivity index is 1.70. The highest BCUT2D eigenvalue weighted by Crippen LogP contribution is 2.17. The molecule has 2 aromatic carbocycles. The van der Waals surface area contributed by atoms with E-state index < -0.39 is 0 Å². The number of carbonyl (C=O) groups excluding carboxylic acids is 1. The van der Waals surface area contributed by atoms with Gasteiger partial charge in [-0.2, -0.15) is 0 Å². The highest BCUT2D eigenvalue weighted by molar-refractivity contribution is 6.30. The van der Waals surface area contributed by atoms with Gasteiger partial charge in [0.05, 0.1) is 0 Å². The molecular weight excluding hydrogens is 334 g/mol. The van der Waals surface area contributed by atoms with Gasteiger partial charge in [0, 0.05) is 36.2 Å². The first kappa shape index (κ1) is 17.0. The first-order valence-electron chi connectivity index (χ1n) is 7.91. The van der Waals surface area contributed by atoms with Crippen molar-refractivity contribution >= 4 is 28.9 Å². The molecule has 0 aliphatic carbocycles. The van der Waals surface area contributed by atoms with Gasteiger partial charge >= 0.3 is 0 Å². The number of halogens is 1. The van der Waals surface area contributed by atoms with Crippen molar-refractivity contribution in [2.45, 2.75) is 6.54 Å². The second kappa shape index (κ2) is 7.81. The molecule has 0 unspecified atom stereocenters. The Morgan fingerprint density at radius 1 is 1.08 bits per heavy atom. The van der Waals surface area contributed by atoms with Crippen molar-refractivity contribution in [3.8, 4) is 0 Å². The lowest BCUT2D eigenvalue weighted by Gasteiger charge is -2.17. The fourth-order valence-corrected chi connectivity index (χ4v) is 2.53. The maximum Gasteiger partial charge on any atom is 0.276 e. The number of hydrogen-bond donors (Lipinski definition) is 1. The van der Waals surface area contributed by atoms with Crippen LogP contribution in [0.2, 0.25) is 5.02 Å². The van der Waals surface area contributed by atoms with Gasteiger partial charge < -0.3 is 10.2 Å². The molecule has 0 saturated heterocycles. The first-order valence-corrected chi connectivity index (χ1v) is 8.29. The average molecular weight is 352 g/mol. The molecule has 3 rings (SSSR count). The maximum atomic E-state index is 12.6. The number of carbonyl (C=O) groups is 1. The van der Waals surface area contributed by atoms with E-state index in [9.17, 15) is 4.79 Å². The molecular formula is C20H18ClN3O. The predicted octanol–water partition coefficient (Wildman–Crippen LogP) is 4.62. The molecule has 1 amide bonds. The number of amides is 1. The normalized spacial score (nSPS) is 10.3. The van der Waals surface area contributed by atoms with Crippen LogP contribution in [-0.4, -0.2) is 17.9 Å². The highest BCUT2D eigenvalue weighted by Gasteiger charge is 2.15. The number of benzene rings is 2. The highest BCUT2D eigenvalue weighted by atomic mass is 35.5. The minimum atomic E-state index is -0.152. The Labute approximate surface area is 152 Å². The second-order valence-corrected chi connectivity index (χ2v) is 6.05. The molecule has 1 aromatic heterocycles. The minimum Gasteiger partial charge on any atom is -0.381 e. The van der Waals surface area contributed by atoms with Gasteiger partial charge in [-0.1, -0.05) is 41.9 Å². The van der Waals surface area contributed by atoms with Crippen LogP contribution in [0.25, 0.3) is 0 Å². The third kappa shape index (κ3) is 4.37. The van der Waals surface area contributed by atoms with Crippen molar-refractivity contribution < 1.29 is 4.79 Å². The molecule has 0 atom stereocenters. The van der Waals surface area contributed by atoms with Gasteiger partial charge in [-0.15, -0.1) is 0 Å². The summed E-state index contributed by atoms with van der Waals surface area (Å²) < 4.78 is 0. The van der Waals surface area contributed by atoms with Crippen LogP contribution in [0.15, 0.2) is 72.9 Å². The Morgan fingerprint density at radius 2 is 1.80 bits per heavy atom.